The van der Waals surface area contributed by atoms with Crippen molar-refractivity contribution in [1.82, 2.24) is 14.8 Å². The lowest BCUT2D eigenvalue weighted by Gasteiger charge is -2.13. The first kappa shape index (κ1) is 15.0. The van der Waals surface area contributed by atoms with Crippen LogP contribution in [0.1, 0.15) is 34.6 Å². The quantitative estimate of drug-likeness (QED) is 0.641. The summed E-state index contributed by atoms with van der Waals surface area (Å²) < 4.78 is 2.00. The number of hydrogen-bond donors (Lipinski definition) is 0. The van der Waals surface area contributed by atoms with E-state index in [1.165, 1.54) is 17.3 Å². The Labute approximate surface area is 134 Å². The number of benzene rings is 1. The number of rotatable bonds is 4. The van der Waals surface area contributed by atoms with Gasteiger partial charge in [0.25, 0.3) is 0 Å². The van der Waals surface area contributed by atoms with Crippen molar-refractivity contribution in [3.05, 3.63) is 53.9 Å². The van der Waals surface area contributed by atoms with Crippen molar-refractivity contribution < 1.29 is 4.79 Å². The third kappa shape index (κ3) is 2.86. The molecule has 1 heterocycles. The van der Waals surface area contributed by atoms with Gasteiger partial charge in [0.05, 0.1) is 5.25 Å². The molecule has 3 rings (SSSR count). The number of carbonyl (C=O) groups is 1. The maximum absolute atomic E-state index is 12.8. The Bertz CT molecular complexity index is 708. The molecule has 0 N–H and O–H groups in total. The van der Waals surface area contributed by atoms with Gasteiger partial charge in [0.15, 0.2) is 10.9 Å². The highest BCUT2D eigenvalue weighted by atomic mass is 32.2. The second kappa shape index (κ2) is 6.48. The zero-order valence-corrected chi connectivity index (χ0v) is 13.5. The highest BCUT2D eigenvalue weighted by Gasteiger charge is 2.27. The minimum atomic E-state index is -0.0872. The van der Waals surface area contributed by atoms with Gasteiger partial charge in [-0.05, 0) is 31.7 Å². The molecule has 0 saturated heterocycles. The monoisotopic (exact) mass is 313 g/mol. The molecule has 1 atom stereocenters. The molecule has 22 heavy (non-hydrogen) atoms. The smallest absolute Gasteiger partial charge is 0.192 e. The lowest BCUT2D eigenvalue weighted by molar-refractivity contribution is 0.0988. The van der Waals surface area contributed by atoms with E-state index >= 15 is 0 Å². The minimum absolute atomic E-state index is 0.0872. The normalized spacial score (nSPS) is 17.9. The summed E-state index contributed by atoms with van der Waals surface area (Å²) in [6.45, 7) is 6.36. The van der Waals surface area contributed by atoms with Gasteiger partial charge in [-0.25, -0.2) is 0 Å². The number of Topliss-reactive ketones (excluding diaryl/α,β-unsaturated/α-hetero) is 1. The number of aryl methyl sites for hydroxylation is 2. The molecule has 0 radical (unpaired) electrons. The average Bonchev–Trinajstić information content (AvgIpc) is 2.78. The van der Waals surface area contributed by atoms with Crippen molar-refractivity contribution in [2.45, 2.75) is 43.1 Å². The number of carbonyl (C=O) groups excluding carboxylic acids is 1. The van der Waals surface area contributed by atoms with Gasteiger partial charge in [-0.3, -0.25) is 4.79 Å². The molecule has 114 valence electrons. The second-order valence-electron chi connectivity index (χ2n) is 5.45. The topological polar surface area (TPSA) is 47.8 Å². The molecule has 1 aliphatic rings. The Hall–Kier alpha value is -1.88. The highest BCUT2D eigenvalue weighted by molar-refractivity contribution is 8.00. The van der Waals surface area contributed by atoms with E-state index in [9.17, 15) is 4.79 Å². The second-order valence-corrected chi connectivity index (χ2v) is 6.62. The summed E-state index contributed by atoms with van der Waals surface area (Å²) in [5.41, 5.74) is 2.03. The molecule has 0 saturated carbocycles. The summed E-state index contributed by atoms with van der Waals surface area (Å²) in [6, 6.07) is 7.94. The van der Waals surface area contributed by atoms with Gasteiger partial charge in [-0.1, -0.05) is 42.1 Å². The van der Waals surface area contributed by atoms with E-state index in [0.717, 1.165) is 35.8 Å². The summed E-state index contributed by atoms with van der Waals surface area (Å²) in [5.74, 6) is 1.06. The van der Waals surface area contributed by atoms with Crippen LogP contribution in [0.2, 0.25) is 0 Å². The maximum Gasteiger partial charge on any atom is 0.192 e. The Morgan fingerprint density at radius 3 is 3.05 bits per heavy atom. The molecule has 0 bridgehead atoms. The minimum Gasteiger partial charge on any atom is -0.302 e. The van der Waals surface area contributed by atoms with Gasteiger partial charge >= 0.3 is 0 Å². The van der Waals surface area contributed by atoms with E-state index in [-0.39, 0.29) is 11.0 Å². The first-order valence-electron chi connectivity index (χ1n) is 7.50. The standard InChI is InChI=1S/C17H19N3OS/c1-3-11-20-12(2)18-19-17(20)22-15-10-6-8-13-7-4-5-9-14(13)16(15)21/h3-5,7,9,15H,1,6,8,10-11H2,2H3. The summed E-state index contributed by atoms with van der Waals surface area (Å²) >= 11 is 1.53. The van der Waals surface area contributed by atoms with Gasteiger partial charge < -0.3 is 4.57 Å². The molecule has 5 heteroatoms. The van der Waals surface area contributed by atoms with Gasteiger partial charge in [0, 0.05) is 12.1 Å². The van der Waals surface area contributed by atoms with E-state index in [1.807, 2.05) is 35.8 Å². The zero-order valence-electron chi connectivity index (χ0n) is 12.7. The third-order valence-electron chi connectivity index (χ3n) is 3.95. The van der Waals surface area contributed by atoms with Gasteiger partial charge in [-0.2, -0.15) is 0 Å². The van der Waals surface area contributed by atoms with Crippen molar-refractivity contribution in [3.8, 4) is 0 Å². The Morgan fingerprint density at radius 2 is 2.23 bits per heavy atom. The maximum atomic E-state index is 12.8. The van der Waals surface area contributed by atoms with E-state index in [4.69, 9.17) is 0 Å². The van der Waals surface area contributed by atoms with Crippen LogP contribution in [-0.2, 0) is 13.0 Å². The number of nitrogens with zero attached hydrogens (tertiary/aromatic N) is 3. The summed E-state index contributed by atoms with van der Waals surface area (Å²) in [4.78, 5) is 12.8. The molecule has 4 nitrogen and oxygen atoms in total. The molecule has 0 fully saturated rings. The predicted octanol–water partition coefficient (Wildman–Crippen LogP) is 3.45. The Kier molecular flexibility index (Phi) is 4.43. The van der Waals surface area contributed by atoms with Crippen LogP contribution in [0.5, 0.6) is 0 Å². The van der Waals surface area contributed by atoms with Crippen LogP contribution in [-0.4, -0.2) is 25.8 Å². The van der Waals surface area contributed by atoms with Gasteiger partial charge in [-0.15, -0.1) is 16.8 Å². The van der Waals surface area contributed by atoms with E-state index < -0.39 is 0 Å². The van der Waals surface area contributed by atoms with Crippen molar-refractivity contribution in [2.24, 2.45) is 0 Å². The largest absolute Gasteiger partial charge is 0.302 e. The average molecular weight is 313 g/mol. The molecule has 1 unspecified atom stereocenters. The fourth-order valence-electron chi connectivity index (χ4n) is 2.79. The summed E-state index contributed by atoms with van der Waals surface area (Å²) in [7, 11) is 0. The van der Waals surface area contributed by atoms with Crippen LogP contribution in [0, 0.1) is 6.92 Å². The molecule has 1 aromatic heterocycles. The van der Waals surface area contributed by atoms with Crippen LogP contribution in [0.25, 0.3) is 0 Å². The van der Waals surface area contributed by atoms with Crippen LogP contribution in [0.4, 0.5) is 0 Å². The zero-order chi connectivity index (χ0) is 15.5. The fraction of sp³-hybridized carbons (Fsp3) is 0.353. The van der Waals surface area contributed by atoms with Crippen LogP contribution in [0.15, 0.2) is 42.1 Å². The summed E-state index contributed by atoms with van der Waals surface area (Å²) in [5, 5.41) is 9.07. The number of allylic oxidation sites excluding steroid dienone is 1. The van der Waals surface area contributed by atoms with E-state index in [2.05, 4.69) is 22.8 Å². The van der Waals surface area contributed by atoms with Crippen molar-refractivity contribution >= 4 is 17.5 Å². The number of thioether (sulfide) groups is 1. The van der Waals surface area contributed by atoms with Gasteiger partial charge in [0.1, 0.15) is 5.82 Å². The van der Waals surface area contributed by atoms with Gasteiger partial charge in [0.2, 0.25) is 0 Å². The lowest BCUT2D eigenvalue weighted by atomic mass is 10.0. The lowest BCUT2D eigenvalue weighted by Crippen LogP contribution is -2.17. The van der Waals surface area contributed by atoms with E-state index in [0.29, 0.717) is 6.54 Å². The van der Waals surface area contributed by atoms with E-state index in [1.54, 1.807) is 0 Å². The highest BCUT2D eigenvalue weighted by Crippen LogP contribution is 2.32. The first-order chi connectivity index (χ1) is 10.7. The van der Waals surface area contributed by atoms with Crippen LogP contribution < -0.4 is 0 Å². The molecule has 2 aromatic rings. The number of aromatic nitrogens is 3. The molecule has 0 amide bonds. The molecular formula is C17H19N3OS. The number of fused-ring (bicyclic) bond motifs is 1. The predicted molar refractivity (Wildman–Crippen MR) is 88.3 cm³/mol. The molecule has 1 aliphatic carbocycles. The Balaban J connectivity index is 1.87. The number of hydrogen-bond acceptors (Lipinski definition) is 4. The number of ketones is 1. The first-order valence-corrected chi connectivity index (χ1v) is 8.38. The summed E-state index contributed by atoms with van der Waals surface area (Å²) in [6.07, 6.45) is 4.69. The van der Waals surface area contributed by atoms with Crippen LogP contribution in [0.3, 0.4) is 0 Å². The Morgan fingerprint density at radius 1 is 1.41 bits per heavy atom. The molecular weight excluding hydrogens is 294 g/mol. The fourth-order valence-corrected chi connectivity index (χ4v) is 3.98. The van der Waals surface area contributed by atoms with Crippen molar-refractivity contribution in [2.75, 3.05) is 0 Å². The molecule has 0 spiro atoms. The SMILES string of the molecule is C=CCn1c(C)nnc1SC1CCCc2ccccc2C1=O. The molecule has 0 aliphatic heterocycles. The van der Waals surface area contributed by atoms with Crippen molar-refractivity contribution in [3.63, 3.8) is 0 Å². The third-order valence-corrected chi connectivity index (χ3v) is 5.20. The van der Waals surface area contributed by atoms with Crippen LogP contribution >= 0.6 is 11.8 Å². The van der Waals surface area contributed by atoms with Crippen molar-refractivity contribution in [1.29, 1.82) is 0 Å². The molecule has 1 aromatic carbocycles.